The third-order valence-corrected chi connectivity index (χ3v) is 4.01. The number of hydrogen-bond donors (Lipinski definition) is 2. The lowest BCUT2D eigenvalue weighted by atomic mass is 10.1. The van der Waals surface area contributed by atoms with Crippen LogP contribution >= 0.6 is 0 Å². The zero-order valence-corrected chi connectivity index (χ0v) is 13.6. The van der Waals surface area contributed by atoms with Gasteiger partial charge in [0.15, 0.2) is 0 Å². The van der Waals surface area contributed by atoms with E-state index in [1.807, 2.05) is 18.3 Å². The van der Waals surface area contributed by atoms with E-state index >= 15 is 0 Å². The fraction of sp³-hybridized carbons (Fsp3) is 0.412. The van der Waals surface area contributed by atoms with E-state index in [-0.39, 0.29) is 12.1 Å². The van der Waals surface area contributed by atoms with Crippen LogP contribution in [0.25, 0.3) is 0 Å². The second-order valence-corrected chi connectivity index (χ2v) is 5.85. The molecule has 2 N–H and O–H groups in total. The molecule has 0 aromatic carbocycles. The first kappa shape index (κ1) is 16.2. The monoisotopic (exact) mass is 326 g/mol. The van der Waals surface area contributed by atoms with Gasteiger partial charge < -0.3 is 15.5 Å². The number of hydrogen-bond acceptors (Lipinski definition) is 5. The van der Waals surface area contributed by atoms with Crippen molar-refractivity contribution in [3.8, 4) is 0 Å². The average Bonchev–Trinajstić information content (AvgIpc) is 2.63. The summed E-state index contributed by atoms with van der Waals surface area (Å²) < 4.78 is 0. The zero-order valence-electron chi connectivity index (χ0n) is 13.6. The predicted molar refractivity (Wildman–Crippen MR) is 91.7 cm³/mol. The van der Waals surface area contributed by atoms with E-state index < -0.39 is 0 Å². The third-order valence-electron chi connectivity index (χ3n) is 4.01. The zero-order chi connectivity index (χ0) is 16.6. The summed E-state index contributed by atoms with van der Waals surface area (Å²) in [5, 5.41) is 5.95. The quantitative estimate of drug-likeness (QED) is 0.867. The Labute approximate surface area is 141 Å². The van der Waals surface area contributed by atoms with Crippen molar-refractivity contribution in [1.82, 2.24) is 25.6 Å². The number of pyridine rings is 1. The Balaban J connectivity index is 1.42. The summed E-state index contributed by atoms with van der Waals surface area (Å²) in [6.45, 7) is 2.25. The first-order valence-corrected chi connectivity index (χ1v) is 8.26. The van der Waals surface area contributed by atoms with Gasteiger partial charge in [0.1, 0.15) is 0 Å². The molecule has 2 amide bonds. The first-order valence-electron chi connectivity index (χ1n) is 8.26. The molecule has 2 aromatic heterocycles. The Hall–Kier alpha value is -2.70. The molecule has 0 radical (unpaired) electrons. The lowest BCUT2D eigenvalue weighted by Gasteiger charge is -2.33. The minimum absolute atomic E-state index is 0.112. The van der Waals surface area contributed by atoms with Gasteiger partial charge in [0.05, 0.1) is 0 Å². The average molecular weight is 326 g/mol. The molecule has 1 saturated heterocycles. The number of nitrogens with zero attached hydrogens (tertiary/aromatic N) is 4. The molecular weight excluding hydrogens is 304 g/mol. The number of anilines is 1. The SMILES string of the molecule is O=C(NCCc1cccnc1)N[C@@H]1CCCN(c2ncccn2)C1. The molecule has 0 bridgehead atoms. The molecule has 2 aromatic rings. The number of aromatic nitrogens is 3. The number of carbonyl (C=O) groups excluding carboxylic acids is 1. The summed E-state index contributed by atoms with van der Waals surface area (Å²) in [5.74, 6) is 0.723. The van der Waals surface area contributed by atoms with Gasteiger partial charge in [-0.1, -0.05) is 6.07 Å². The standard InChI is InChI=1S/C17H22N6O/c24-17(21-10-6-14-4-1-7-18-12-14)22-15-5-2-11-23(13-15)16-19-8-3-9-20-16/h1,3-4,7-9,12,15H,2,5-6,10-11,13H2,(H2,21,22,24)/t15-/m1/s1. The summed E-state index contributed by atoms with van der Waals surface area (Å²) >= 11 is 0. The number of rotatable bonds is 5. The fourth-order valence-corrected chi connectivity index (χ4v) is 2.83. The van der Waals surface area contributed by atoms with Gasteiger partial charge in [0.2, 0.25) is 5.95 Å². The highest BCUT2D eigenvalue weighted by Gasteiger charge is 2.22. The second-order valence-electron chi connectivity index (χ2n) is 5.85. The largest absolute Gasteiger partial charge is 0.339 e. The Bertz CT molecular complexity index is 636. The van der Waals surface area contributed by atoms with E-state index in [9.17, 15) is 4.79 Å². The summed E-state index contributed by atoms with van der Waals surface area (Å²) in [5.41, 5.74) is 1.11. The Kier molecular flexibility index (Phi) is 5.55. The van der Waals surface area contributed by atoms with Crippen LogP contribution < -0.4 is 15.5 Å². The summed E-state index contributed by atoms with van der Waals surface area (Å²) in [6, 6.07) is 5.70. The maximum Gasteiger partial charge on any atom is 0.315 e. The Morgan fingerprint density at radius 3 is 2.92 bits per heavy atom. The molecule has 3 heterocycles. The number of piperidine rings is 1. The highest BCUT2D eigenvalue weighted by Crippen LogP contribution is 2.15. The van der Waals surface area contributed by atoms with E-state index in [1.165, 1.54) is 0 Å². The van der Waals surface area contributed by atoms with E-state index in [1.54, 1.807) is 24.7 Å². The van der Waals surface area contributed by atoms with Crippen LogP contribution in [0.15, 0.2) is 43.0 Å². The number of nitrogens with one attached hydrogen (secondary N) is 2. The fourth-order valence-electron chi connectivity index (χ4n) is 2.83. The molecule has 3 rings (SSSR count). The van der Waals surface area contributed by atoms with Gasteiger partial charge in [-0.3, -0.25) is 4.98 Å². The molecule has 1 aliphatic heterocycles. The van der Waals surface area contributed by atoms with Crippen LogP contribution in [0.5, 0.6) is 0 Å². The highest BCUT2D eigenvalue weighted by molar-refractivity contribution is 5.74. The maximum absolute atomic E-state index is 12.1. The van der Waals surface area contributed by atoms with Gasteiger partial charge in [-0.2, -0.15) is 0 Å². The van der Waals surface area contributed by atoms with Gasteiger partial charge in [0.25, 0.3) is 0 Å². The van der Waals surface area contributed by atoms with Crippen LogP contribution in [-0.4, -0.2) is 46.7 Å². The third kappa shape index (κ3) is 4.65. The molecule has 0 spiro atoms. The number of urea groups is 1. The van der Waals surface area contributed by atoms with Crippen molar-refractivity contribution >= 4 is 12.0 Å². The highest BCUT2D eigenvalue weighted by atomic mass is 16.2. The molecule has 24 heavy (non-hydrogen) atoms. The van der Waals surface area contributed by atoms with Crippen LogP contribution in [0.1, 0.15) is 18.4 Å². The van der Waals surface area contributed by atoms with Gasteiger partial charge in [-0.25, -0.2) is 14.8 Å². The molecule has 7 nitrogen and oxygen atoms in total. The topological polar surface area (TPSA) is 83.0 Å². The molecule has 1 atom stereocenters. The summed E-state index contributed by atoms with van der Waals surface area (Å²) in [7, 11) is 0. The van der Waals surface area contributed by atoms with Crippen molar-refractivity contribution in [2.24, 2.45) is 0 Å². The molecule has 7 heteroatoms. The van der Waals surface area contributed by atoms with E-state index in [4.69, 9.17) is 0 Å². The smallest absolute Gasteiger partial charge is 0.315 e. The normalized spacial score (nSPS) is 17.3. The van der Waals surface area contributed by atoms with Gasteiger partial charge in [0, 0.05) is 50.5 Å². The summed E-state index contributed by atoms with van der Waals surface area (Å²) in [6.07, 6.45) is 9.80. The minimum Gasteiger partial charge on any atom is -0.339 e. The molecular formula is C17H22N6O. The van der Waals surface area contributed by atoms with E-state index in [0.29, 0.717) is 6.54 Å². The van der Waals surface area contributed by atoms with Gasteiger partial charge in [-0.05, 0) is 37.0 Å². The van der Waals surface area contributed by atoms with E-state index in [2.05, 4.69) is 30.5 Å². The predicted octanol–water partition coefficient (Wildman–Crippen LogP) is 1.38. The molecule has 126 valence electrons. The molecule has 0 unspecified atom stereocenters. The lowest BCUT2D eigenvalue weighted by Crippen LogP contribution is -2.51. The van der Waals surface area contributed by atoms with Crippen molar-refractivity contribution < 1.29 is 4.79 Å². The molecule has 1 aliphatic rings. The molecule has 1 fully saturated rings. The molecule has 0 aliphatic carbocycles. The van der Waals surface area contributed by atoms with Crippen molar-refractivity contribution in [3.05, 3.63) is 48.5 Å². The molecule has 0 saturated carbocycles. The number of amides is 2. The van der Waals surface area contributed by atoms with Crippen LogP contribution in [-0.2, 0) is 6.42 Å². The van der Waals surface area contributed by atoms with Crippen LogP contribution in [0.4, 0.5) is 10.7 Å². The number of carbonyl (C=O) groups is 1. The Morgan fingerprint density at radius 2 is 2.12 bits per heavy atom. The van der Waals surface area contributed by atoms with Crippen molar-refractivity contribution in [1.29, 1.82) is 0 Å². The first-order chi connectivity index (χ1) is 11.8. The maximum atomic E-state index is 12.1. The minimum atomic E-state index is -0.125. The van der Waals surface area contributed by atoms with E-state index in [0.717, 1.165) is 43.9 Å². The van der Waals surface area contributed by atoms with Gasteiger partial charge >= 0.3 is 6.03 Å². The summed E-state index contributed by atoms with van der Waals surface area (Å²) in [4.78, 5) is 26.8. The lowest BCUT2D eigenvalue weighted by molar-refractivity contribution is 0.235. The van der Waals surface area contributed by atoms with Gasteiger partial charge in [-0.15, -0.1) is 0 Å². The van der Waals surface area contributed by atoms with Crippen LogP contribution in [0.3, 0.4) is 0 Å². The van der Waals surface area contributed by atoms with Crippen molar-refractivity contribution in [3.63, 3.8) is 0 Å². The van der Waals surface area contributed by atoms with Crippen molar-refractivity contribution in [2.45, 2.75) is 25.3 Å². The van der Waals surface area contributed by atoms with Crippen LogP contribution in [0, 0.1) is 0 Å². The van der Waals surface area contributed by atoms with Crippen molar-refractivity contribution in [2.75, 3.05) is 24.5 Å². The van der Waals surface area contributed by atoms with Crippen LogP contribution in [0.2, 0.25) is 0 Å². The second kappa shape index (κ2) is 8.24. The Morgan fingerprint density at radius 1 is 1.25 bits per heavy atom.